The first kappa shape index (κ1) is 13.5. The van der Waals surface area contributed by atoms with E-state index in [1.54, 1.807) is 10.3 Å². The third kappa shape index (κ3) is 3.29. The number of nitrogen functional groups attached to an aromatic ring is 1. The topological polar surface area (TPSA) is 72.1 Å². The van der Waals surface area contributed by atoms with Gasteiger partial charge in [-0.25, -0.2) is 0 Å². The Balaban J connectivity index is 2.19. The number of hydrogen-bond acceptors (Lipinski definition) is 5. The van der Waals surface area contributed by atoms with E-state index in [1.807, 2.05) is 38.1 Å². The Morgan fingerprint density at radius 1 is 1.47 bits per heavy atom. The Kier molecular flexibility index (Phi) is 4.11. The molecule has 2 aromatic rings. The Bertz CT molecular complexity index is 554. The second-order valence-corrected chi connectivity index (χ2v) is 5.17. The average molecular weight is 276 g/mol. The van der Waals surface area contributed by atoms with Crippen LogP contribution < -0.4 is 5.73 Å². The van der Waals surface area contributed by atoms with E-state index in [-0.39, 0.29) is 11.9 Å². The van der Waals surface area contributed by atoms with Crippen LogP contribution in [-0.4, -0.2) is 26.4 Å². The molecule has 0 saturated carbocycles. The Hall–Kier alpha value is -1.95. The maximum atomic E-state index is 12.3. The summed E-state index contributed by atoms with van der Waals surface area (Å²) >= 11 is 1.18. The Labute approximate surface area is 116 Å². The maximum absolute atomic E-state index is 12.3. The van der Waals surface area contributed by atoms with Gasteiger partial charge in [0.05, 0.1) is 0 Å². The standard InChI is InChI=1S/C13H16N4OS/c1-9(2)17(13(18)12-8-19-16-15-12)7-10-4-3-5-11(14)6-10/h3-6,8-9H,7,14H2,1-2H3. The molecule has 2 rings (SSSR count). The van der Waals surface area contributed by atoms with E-state index in [9.17, 15) is 4.79 Å². The van der Waals surface area contributed by atoms with Gasteiger partial charge in [-0.2, -0.15) is 0 Å². The number of benzene rings is 1. The largest absolute Gasteiger partial charge is 0.399 e. The molecule has 0 radical (unpaired) electrons. The van der Waals surface area contributed by atoms with E-state index in [0.717, 1.165) is 5.56 Å². The second-order valence-electron chi connectivity index (χ2n) is 4.56. The molecule has 0 saturated heterocycles. The zero-order valence-electron chi connectivity index (χ0n) is 10.9. The van der Waals surface area contributed by atoms with Crippen molar-refractivity contribution >= 4 is 23.1 Å². The number of aromatic nitrogens is 2. The van der Waals surface area contributed by atoms with E-state index in [2.05, 4.69) is 9.59 Å². The van der Waals surface area contributed by atoms with Gasteiger partial charge in [-0.15, -0.1) is 5.10 Å². The predicted octanol–water partition coefficient (Wildman–Crippen LogP) is 2.17. The van der Waals surface area contributed by atoms with Crippen molar-refractivity contribution in [1.82, 2.24) is 14.5 Å². The lowest BCUT2D eigenvalue weighted by atomic mass is 10.1. The first-order chi connectivity index (χ1) is 9.08. The average Bonchev–Trinajstić information content (AvgIpc) is 2.88. The van der Waals surface area contributed by atoms with Gasteiger partial charge in [0.2, 0.25) is 0 Å². The van der Waals surface area contributed by atoms with E-state index in [0.29, 0.717) is 17.9 Å². The number of hydrogen-bond donors (Lipinski definition) is 1. The van der Waals surface area contributed by atoms with Crippen LogP contribution >= 0.6 is 11.5 Å². The number of carbonyl (C=O) groups is 1. The monoisotopic (exact) mass is 276 g/mol. The van der Waals surface area contributed by atoms with Gasteiger partial charge in [-0.05, 0) is 43.1 Å². The van der Waals surface area contributed by atoms with Gasteiger partial charge >= 0.3 is 0 Å². The molecule has 1 heterocycles. The number of nitrogens with two attached hydrogens (primary N) is 1. The third-order valence-corrected chi connectivity index (χ3v) is 3.27. The summed E-state index contributed by atoms with van der Waals surface area (Å²) in [5.74, 6) is -0.105. The van der Waals surface area contributed by atoms with Gasteiger partial charge in [0, 0.05) is 23.7 Å². The SMILES string of the molecule is CC(C)N(Cc1cccc(N)c1)C(=O)c1csnn1. The van der Waals surface area contributed by atoms with E-state index < -0.39 is 0 Å². The fourth-order valence-corrected chi connectivity index (χ4v) is 2.21. The molecule has 0 aliphatic rings. The van der Waals surface area contributed by atoms with Crippen LogP contribution in [0.3, 0.4) is 0 Å². The van der Waals surface area contributed by atoms with E-state index in [1.165, 1.54) is 11.5 Å². The summed E-state index contributed by atoms with van der Waals surface area (Å²) < 4.78 is 3.73. The van der Waals surface area contributed by atoms with Crippen molar-refractivity contribution in [3.05, 3.63) is 40.9 Å². The van der Waals surface area contributed by atoms with Gasteiger partial charge in [0.1, 0.15) is 0 Å². The molecule has 0 aliphatic carbocycles. The number of anilines is 1. The molecule has 1 aromatic heterocycles. The Morgan fingerprint density at radius 2 is 2.26 bits per heavy atom. The van der Waals surface area contributed by atoms with Crippen molar-refractivity contribution < 1.29 is 4.79 Å². The summed E-state index contributed by atoms with van der Waals surface area (Å²) in [5.41, 5.74) is 7.85. The molecule has 1 amide bonds. The van der Waals surface area contributed by atoms with Gasteiger partial charge in [0.15, 0.2) is 5.69 Å². The summed E-state index contributed by atoms with van der Waals surface area (Å²) in [6.45, 7) is 4.47. The van der Waals surface area contributed by atoms with Crippen LogP contribution in [0, 0.1) is 0 Å². The minimum Gasteiger partial charge on any atom is -0.399 e. The van der Waals surface area contributed by atoms with Crippen LogP contribution in [0.1, 0.15) is 29.9 Å². The Morgan fingerprint density at radius 3 is 2.84 bits per heavy atom. The maximum Gasteiger partial charge on any atom is 0.275 e. The van der Waals surface area contributed by atoms with E-state index in [4.69, 9.17) is 5.73 Å². The lowest BCUT2D eigenvalue weighted by Crippen LogP contribution is -2.36. The third-order valence-electron chi connectivity index (χ3n) is 2.77. The molecule has 6 heteroatoms. The van der Waals surface area contributed by atoms with Crippen LogP contribution in [-0.2, 0) is 6.54 Å². The highest BCUT2D eigenvalue weighted by Gasteiger charge is 2.21. The predicted molar refractivity (Wildman–Crippen MR) is 75.8 cm³/mol. The summed E-state index contributed by atoms with van der Waals surface area (Å²) in [7, 11) is 0. The zero-order valence-corrected chi connectivity index (χ0v) is 11.7. The van der Waals surface area contributed by atoms with Crippen molar-refractivity contribution in [3.63, 3.8) is 0 Å². The summed E-state index contributed by atoms with van der Waals surface area (Å²) in [6.07, 6.45) is 0. The zero-order chi connectivity index (χ0) is 13.8. The number of rotatable bonds is 4. The molecule has 0 aliphatic heterocycles. The smallest absolute Gasteiger partial charge is 0.275 e. The van der Waals surface area contributed by atoms with Crippen molar-refractivity contribution in [2.75, 3.05) is 5.73 Å². The molecular formula is C13H16N4OS. The van der Waals surface area contributed by atoms with Gasteiger partial charge in [-0.1, -0.05) is 16.6 Å². The molecule has 0 atom stereocenters. The molecule has 1 aromatic carbocycles. The highest BCUT2D eigenvalue weighted by Crippen LogP contribution is 2.14. The fraction of sp³-hybridized carbons (Fsp3) is 0.308. The minimum absolute atomic E-state index is 0.0793. The van der Waals surface area contributed by atoms with Crippen LogP contribution in [0.2, 0.25) is 0 Å². The second kappa shape index (κ2) is 5.79. The summed E-state index contributed by atoms with van der Waals surface area (Å²) in [4.78, 5) is 14.1. The number of carbonyl (C=O) groups excluding carboxylic acids is 1. The minimum atomic E-state index is -0.105. The highest BCUT2D eigenvalue weighted by atomic mass is 32.1. The normalized spacial score (nSPS) is 10.7. The molecular weight excluding hydrogens is 260 g/mol. The van der Waals surface area contributed by atoms with Crippen molar-refractivity contribution in [2.24, 2.45) is 0 Å². The van der Waals surface area contributed by atoms with Crippen LogP contribution in [0.15, 0.2) is 29.6 Å². The summed E-state index contributed by atoms with van der Waals surface area (Å²) in [6, 6.07) is 7.63. The fourth-order valence-electron chi connectivity index (χ4n) is 1.78. The van der Waals surface area contributed by atoms with Gasteiger partial charge in [0.25, 0.3) is 5.91 Å². The lowest BCUT2D eigenvalue weighted by Gasteiger charge is -2.26. The first-order valence-electron chi connectivity index (χ1n) is 6.00. The van der Waals surface area contributed by atoms with Crippen molar-refractivity contribution in [1.29, 1.82) is 0 Å². The van der Waals surface area contributed by atoms with Crippen molar-refractivity contribution in [3.8, 4) is 0 Å². The first-order valence-corrected chi connectivity index (χ1v) is 6.84. The van der Waals surface area contributed by atoms with Crippen LogP contribution in [0.5, 0.6) is 0 Å². The molecule has 19 heavy (non-hydrogen) atoms. The van der Waals surface area contributed by atoms with Gasteiger partial charge < -0.3 is 10.6 Å². The number of amides is 1. The molecule has 100 valence electrons. The van der Waals surface area contributed by atoms with Crippen LogP contribution in [0.25, 0.3) is 0 Å². The molecule has 0 spiro atoms. The number of nitrogens with zero attached hydrogens (tertiary/aromatic N) is 3. The van der Waals surface area contributed by atoms with E-state index >= 15 is 0 Å². The molecule has 0 bridgehead atoms. The molecule has 2 N–H and O–H groups in total. The molecule has 0 unspecified atom stereocenters. The quantitative estimate of drug-likeness (QED) is 0.869. The van der Waals surface area contributed by atoms with Crippen molar-refractivity contribution in [2.45, 2.75) is 26.4 Å². The van der Waals surface area contributed by atoms with Crippen LogP contribution in [0.4, 0.5) is 5.69 Å². The molecule has 5 nitrogen and oxygen atoms in total. The highest BCUT2D eigenvalue weighted by molar-refractivity contribution is 7.03. The lowest BCUT2D eigenvalue weighted by molar-refractivity contribution is 0.0684. The van der Waals surface area contributed by atoms with Gasteiger partial charge in [-0.3, -0.25) is 4.79 Å². The summed E-state index contributed by atoms with van der Waals surface area (Å²) in [5, 5.41) is 5.50. The molecule has 0 fully saturated rings.